The average Bonchev–Trinajstić information content (AvgIpc) is 3.40. The zero-order valence-corrected chi connectivity index (χ0v) is 28.3. The molecule has 6 rings (SSSR count). The average molecular weight is 787 g/mol. The highest BCUT2D eigenvalue weighted by atomic mass is 16.7. The molecule has 22 nitrogen and oxygen atoms in total. The van der Waals surface area contributed by atoms with Gasteiger partial charge in [-0.2, -0.15) is 0 Å². The molecule has 2 fully saturated rings. The fraction of sp³-hybridized carbons (Fsp3) is 0.455. The maximum atomic E-state index is 13.6. The molecule has 0 unspecified atom stereocenters. The number of cyclic esters (lactones) is 1. The molecular weight excluding hydrogens is 748 g/mol. The van der Waals surface area contributed by atoms with Crippen molar-refractivity contribution < 1.29 is 104 Å². The van der Waals surface area contributed by atoms with E-state index in [0.29, 0.717) is 0 Å². The highest BCUT2D eigenvalue weighted by Crippen LogP contribution is 2.39. The standard InChI is InChI=1S/C27H30O16.C6H8O6/c1-8-17(32)20(35)22(37)26(40-8)39-7-15-18(33)21(36)23(38)27(42-15)43-25-19(34)16-13(31)5-10(28)6-14(16)41-24(25)9-2-3-11(29)12(30)4-9;7-1-2(8)5-3(9)4(10)6(11)12-5/h2-6,8,15,17-18,20-23,26-33,35-38H,7H2,1H3;2,5,7-10H,1H2/t8-,15+,17-,18+,20+,21-,22+,23+,26+,27-;2-,5+/m00/s1. The summed E-state index contributed by atoms with van der Waals surface area (Å²) in [5.74, 6) is -6.11. The predicted molar refractivity (Wildman–Crippen MR) is 175 cm³/mol. The van der Waals surface area contributed by atoms with Gasteiger partial charge in [0, 0.05) is 17.7 Å². The van der Waals surface area contributed by atoms with Gasteiger partial charge in [-0.15, -0.1) is 0 Å². The van der Waals surface area contributed by atoms with Gasteiger partial charge < -0.3 is 99.6 Å². The molecule has 0 bridgehead atoms. The van der Waals surface area contributed by atoms with E-state index >= 15 is 0 Å². The van der Waals surface area contributed by atoms with Crippen LogP contribution in [0.3, 0.4) is 0 Å². The van der Waals surface area contributed by atoms with Crippen molar-refractivity contribution in [3.63, 3.8) is 0 Å². The lowest BCUT2D eigenvalue weighted by Gasteiger charge is -2.42. The molecule has 12 atom stereocenters. The van der Waals surface area contributed by atoms with E-state index in [1.807, 2.05) is 0 Å². The zero-order valence-electron chi connectivity index (χ0n) is 28.3. The maximum Gasteiger partial charge on any atom is 0.377 e. The van der Waals surface area contributed by atoms with Crippen LogP contribution in [0.4, 0.5) is 0 Å². The van der Waals surface area contributed by atoms with E-state index in [1.54, 1.807) is 0 Å². The molecule has 0 aliphatic carbocycles. The molecule has 0 saturated carbocycles. The Morgan fingerprint density at radius 1 is 0.764 bits per heavy atom. The van der Waals surface area contributed by atoms with Gasteiger partial charge in [0.25, 0.3) is 0 Å². The first-order valence-electron chi connectivity index (χ1n) is 16.2. The van der Waals surface area contributed by atoms with Crippen molar-refractivity contribution in [3.8, 4) is 40.1 Å². The van der Waals surface area contributed by atoms with E-state index in [-0.39, 0.29) is 11.1 Å². The molecule has 2 saturated heterocycles. The van der Waals surface area contributed by atoms with Crippen molar-refractivity contribution in [1.82, 2.24) is 0 Å². The number of esters is 1. The first-order chi connectivity index (χ1) is 25.9. The second-order valence-electron chi connectivity index (χ2n) is 12.6. The number of hydrogen-bond acceptors (Lipinski definition) is 22. The summed E-state index contributed by atoms with van der Waals surface area (Å²) in [6.07, 6.45) is -18.9. The summed E-state index contributed by atoms with van der Waals surface area (Å²) in [5, 5.41) is 136. The summed E-state index contributed by atoms with van der Waals surface area (Å²) in [6, 6.07) is 5.24. The molecule has 55 heavy (non-hydrogen) atoms. The van der Waals surface area contributed by atoms with Crippen molar-refractivity contribution in [2.45, 2.75) is 80.5 Å². The van der Waals surface area contributed by atoms with Crippen LogP contribution in [0.2, 0.25) is 0 Å². The van der Waals surface area contributed by atoms with Crippen LogP contribution in [-0.4, -0.2) is 164 Å². The molecule has 3 aliphatic rings. The Bertz CT molecular complexity index is 1960. The quantitative estimate of drug-likeness (QED) is 0.0794. The highest BCUT2D eigenvalue weighted by Gasteiger charge is 2.48. The molecule has 1 aromatic heterocycles. The Morgan fingerprint density at radius 2 is 1.42 bits per heavy atom. The fourth-order valence-electron chi connectivity index (χ4n) is 5.66. The molecule has 3 aliphatic heterocycles. The number of aliphatic hydroxyl groups excluding tert-OH is 10. The van der Waals surface area contributed by atoms with Crippen LogP contribution in [0.5, 0.6) is 28.7 Å². The predicted octanol–water partition coefficient (Wildman–Crippen LogP) is -3.09. The summed E-state index contributed by atoms with van der Waals surface area (Å²) < 4.78 is 32.1. The van der Waals surface area contributed by atoms with Gasteiger partial charge in [-0.1, -0.05) is 0 Å². The molecule has 302 valence electrons. The number of phenolic OH excluding ortho intramolecular Hbond substituents is 4. The van der Waals surface area contributed by atoms with Crippen molar-refractivity contribution in [2.24, 2.45) is 0 Å². The topological polar surface area (TPSA) is 377 Å². The van der Waals surface area contributed by atoms with Crippen molar-refractivity contribution in [1.29, 1.82) is 0 Å². The van der Waals surface area contributed by atoms with Gasteiger partial charge in [0.05, 0.1) is 19.3 Å². The first kappa shape index (κ1) is 41.2. The molecule has 0 amide bonds. The van der Waals surface area contributed by atoms with Crippen molar-refractivity contribution in [2.75, 3.05) is 13.2 Å². The molecule has 22 heteroatoms. The number of aliphatic hydroxyl groups is 10. The van der Waals surface area contributed by atoms with Crippen molar-refractivity contribution in [3.05, 3.63) is 52.1 Å². The third kappa shape index (κ3) is 8.19. The van der Waals surface area contributed by atoms with Crippen LogP contribution in [0, 0.1) is 0 Å². The molecule has 3 aromatic rings. The van der Waals surface area contributed by atoms with Gasteiger partial charge in [0.15, 0.2) is 35.4 Å². The largest absolute Gasteiger partial charge is 0.508 e. The van der Waals surface area contributed by atoms with Crippen molar-refractivity contribution >= 4 is 16.9 Å². The second-order valence-corrected chi connectivity index (χ2v) is 12.6. The number of rotatable bonds is 8. The number of carbonyl (C=O) groups excluding carboxylic acids is 1. The van der Waals surface area contributed by atoms with E-state index in [0.717, 1.165) is 24.3 Å². The Morgan fingerprint density at radius 3 is 2.04 bits per heavy atom. The third-order valence-electron chi connectivity index (χ3n) is 8.77. The lowest BCUT2D eigenvalue weighted by Crippen LogP contribution is -2.61. The van der Waals surface area contributed by atoms with E-state index in [9.17, 15) is 60.7 Å². The SMILES string of the molecule is C[C@@H]1O[C@@H](OC[C@H]2O[C@@H](Oc3c(-c4ccc(O)c(O)c4)oc4cc(O)cc(O)c4c3=O)[C@H](O)[C@@H](O)[C@@H]2O)[C@H](O)[C@H](O)[C@H]1O.O=C1O[C@H]([C@@H](O)CO)C(O)=C1O. The molecule has 2 aromatic carbocycles. The van der Waals surface area contributed by atoms with Gasteiger partial charge in [-0.3, -0.25) is 4.79 Å². The number of benzene rings is 2. The minimum absolute atomic E-state index is 0.0313. The second kappa shape index (κ2) is 16.4. The normalized spacial score (nSPS) is 31.4. The number of carbonyl (C=O) groups is 1. The Kier molecular flexibility index (Phi) is 12.3. The van der Waals surface area contributed by atoms with Crippen LogP contribution in [0.25, 0.3) is 22.3 Å². The lowest BCUT2D eigenvalue weighted by molar-refractivity contribution is -0.318. The molecule has 0 radical (unpaired) electrons. The fourth-order valence-corrected chi connectivity index (χ4v) is 5.66. The van der Waals surface area contributed by atoms with E-state index < -0.39 is 150 Å². The first-order valence-corrected chi connectivity index (χ1v) is 16.2. The number of hydrogen-bond donors (Lipinski definition) is 14. The van der Waals surface area contributed by atoms with Gasteiger partial charge in [0.1, 0.15) is 71.3 Å². The van der Waals surface area contributed by atoms with Crippen LogP contribution < -0.4 is 10.2 Å². The number of aromatic hydroxyl groups is 4. The Labute approximate surface area is 307 Å². The van der Waals surface area contributed by atoms with E-state index in [2.05, 4.69) is 4.74 Å². The molecule has 4 heterocycles. The summed E-state index contributed by atoms with van der Waals surface area (Å²) in [4.78, 5) is 24.1. The Balaban J connectivity index is 0.000000413. The van der Waals surface area contributed by atoms with Gasteiger partial charge in [-0.25, -0.2) is 4.79 Å². The van der Waals surface area contributed by atoms with Gasteiger partial charge in [-0.05, 0) is 25.1 Å². The molecule has 0 spiro atoms. The number of phenols is 4. The number of fused-ring (bicyclic) bond motifs is 1. The van der Waals surface area contributed by atoms with Crippen LogP contribution in [0.15, 0.2) is 51.1 Å². The third-order valence-corrected chi connectivity index (χ3v) is 8.77. The molecular formula is C33H38O22. The van der Waals surface area contributed by atoms with E-state index in [1.165, 1.54) is 13.0 Å². The summed E-state index contributed by atoms with van der Waals surface area (Å²) >= 11 is 0. The summed E-state index contributed by atoms with van der Waals surface area (Å²) in [6.45, 7) is 0.147. The molecule has 14 N–H and O–H groups in total. The lowest BCUT2D eigenvalue weighted by atomic mass is 9.98. The smallest absolute Gasteiger partial charge is 0.377 e. The number of ether oxygens (including phenoxy) is 5. The monoisotopic (exact) mass is 786 g/mol. The maximum absolute atomic E-state index is 13.6. The van der Waals surface area contributed by atoms with Gasteiger partial charge in [0.2, 0.25) is 23.2 Å². The van der Waals surface area contributed by atoms with E-state index in [4.69, 9.17) is 43.8 Å². The van der Waals surface area contributed by atoms with Crippen LogP contribution in [0.1, 0.15) is 6.92 Å². The highest BCUT2D eigenvalue weighted by molar-refractivity contribution is 5.89. The van der Waals surface area contributed by atoms with Crippen LogP contribution >= 0.6 is 0 Å². The minimum Gasteiger partial charge on any atom is -0.508 e. The van der Waals surface area contributed by atoms with Crippen LogP contribution in [-0.2, 0) is 23.7 Å². The minimum atomic E-state index is -1.97. The summed E-state index contributed by atoms with van der Waals surface area (Å²) in [7, 11) is 0. The Hall–Kier alpha value is -4.98. The zero-order chi connectivity index (χ0) is 40.6. The summed E-state index contributed by atoms with van der Waals surface area (Å²) in [5.41, 5.74) is -1.35. The van der Waals surface area contributed by atoms with Gasteiger partial charge >= 0.3 is 5.97 Å².